The third-order valence-corrected chi connectivity index (χ3v) is 4.00. The van der Waals surface area contributed by atoms with Gasteiger partial charge in [0.15, 0.2) is 0 Å². The molecule has 1 aliphatic rings. The lowest BCUT2D eigenvalue weighted by atomic mass is 10.0. The summed E-state index contributed by atoms with van der Waals surface area (Å²) in [5.74, 6) is 0.253. The lowest BCUT2D eigenvalue weighted by molar-refractivity contribution is -0.131. The van der Waals surface area contributed by atoms with Crippen molar-refractivity contribution in [3.05, 3.63) is 24.3 Å². The summed E-state index contributed by atoms with van der Waals surface area (Å²) < 4.78 is 0. The van der Waals surface area contributed by atoms with E-state index in [2.05, 4.69) is 5.32 Å². The molecule has 1 saturated heterocycles. The molecule has 4 nitrogen and oxygen atoms in total. The molecule has 0 saturated carbocycles. The first-order valence-electron chi connectivity index (χ1n) is 6.76. The number of nitrogens with zero attached hydrogens (tertiary/aromatic N) is 1. The summed E-state index contributed by atoms with van der Waals surface area (Å²) in [7, 11) is 0. The van der Waals surface area contributed by atoms with Crippen LogP contribution in [0.1, 0.15) is 20.3 Å². The van der Waals surface area contributed by atoms with Gasteiger partial charge in [0.2, 0.25) is 11.8 Å². The molecule has 108 valence electrons. The number of carbonyl (C=O) groups is 2. The van der Waals surface area contributed by atoms with E-state index in [1.54, 1.807) is 16.7 Å². The predicted molar refractivity (Wildman–Crippen MR) is 82.0 cm³/mol. The maximum Gasteiger partial charge on any atom is 0.250 e. The Bertz CT molecular complexity index is 516. The normalized spacial score (nSPS) is 19.4. The minimum Gasteiger partial charge on any atom is -0.343 e. The Hall–Kier alpha value is -1.49. The fraction of sp³-hybridized carbons (Fsp3) is 0.467. The number of amides is 2. The van der Waals surface area contributed by atoms with Crippen LogP contribution in [-0.4, -0.2) is 30.7 Å². The molecule has 0 aliphatic carbocycles. The van der Waals surface area contributed by atoms with Crippen molar-refractivity contribution in [2.45, 2.75) is 31.2 Å². The van der Waals surface area contributed by atoms with Gasteiger partial charge in [-0.25, -0.2) is 0 Å². The van der Waals surface area contributed by atoms with Gasteiger partial charge in [0.25, 0.3) is 0 Å². The van der Waals surface area contributed by atoms with Gasteiger partial charge < -0.3 is 10.2 Å². The van der Waals surface area contributed by atoms with Crippen LogP contribution >= 0.6 is 11.8 Å². The Morgan fingerprint density at radius 1 is 1.40 bits per heavy atom. The van der Waals surface area contributed by atoms with Crippen molar-refractivity contribution in [2.24, 2.45) is 5.92 Å². The molecular weight excluding hydrogens is 272 g/mol. The molecule has 1 aromatic rings. The van der Waals surface area contributed by atoms with Crippen molar-refractivity contribution in [1.82, 2.24) is 5.32 Å². The number of nitrogens with one attached hydrogen (secondary N) is 1. The van der Waals surface area contributed by atoms with Crippen LogP contribution in [0, 0.1) is 5.92 Å². The maximum absolute atomic E-state index is 12.5. The predicted octanol–water partition coefficient (Wildman–Crippen LogP) is 2.29. The molecule has 1 heterocycles. The molecule has 2 rings (SSSR count). The number of thioether (sulfide) groups is 1. The van der Waals surface area contributed by atoms with Gasteiger partial charge in [0.05, 0.1) is 0 Å². The zero-order chi connectivity index (χ0) is 14.7. The van der Waals surface area contributed by atoms with Crippen LogP contribution in [0.5, 0.6) is 0 Å². The topological polar surface area (TPSA) is 49.4 Å². The highest BCUT2D eigenvalue weighted by Crippen LogP contribution is 2.24. The molecule has 1 atom stereocenters. The van der Waals surface area contributed by atoms with E-state index in [9.17, 15) is 9.59 Å². The van der Waals surface area contributed by atoms with E-state index in [1.165, 1.54) is 0 Å². The second-order valence-corrected chi connectivity index (χ2v) is 6.26. The maximum atomic E-state index is 12.5. The van der Waals surface area contributed by atoms with Crippen LogP contribution in [0.3, 0.4) is 0 Å². The van der Waals surface area contributed by atoms with E-state index in [4.69, 9.17) is 0 Å². The zero-order valence-corrected chi connectivity index (χ0v) is 12.9. The Labute approximate surface area is 123 Å². The number of piperazine rings is 1. The number of hydrogen-bond donors (Lipinski definition) is 1. The van der Waals surface area contributed by atoms with Crippen LogP contribution in [0.15, 0.2) is 29.2 Å². The van der Waals surface area contributed by atoms with Gasteiger partial charge in [-0.15, -0.1) is 11.8 Å². The van der Waals surface area contributed by atoms with Gasteiger partial charge in [-0.1, -0.05) is 19.9 Å². The fourth-order valence-corrected chi connectivity index (χ4v) is 2.79. The summed E-state index contributed by atoms with van der Waals surface area (Å²) in [5.41, 5.74) is 0.797. The molecular formula is C15H20N2O2S. The molecule has 2 amide bonds. The third-order valence-electron chi connectivity index (χ3n) is 3.27. The molecule has 1 aliphatic heterocycles. The van der Waals surface area contributed by atoms with Gasteiger partial charge in [-0.05, 0) is 36.8 Å². The van der Waals surface area contributed by atoms with Crippen molar-refractivity contribution in [3.63, 3.8) is 0 Å². The molecule has 20 heavy (non-hydrogen) atoms. The van der Waals surface area contributed by atoms with Gasteiger partial charge >= 0.3 is 0 Å². The van der Waals surface area contributed by atoms with Gasteiger partial charge in [0, 0.05) is 10.6 Å². The SMILES string of the molecule is CSc1cccc(N2CC(=O)NC(CC(C)C)C2=O)c1. The Kier molecular flexibility index (Phi) is 4.70. The van der Waals surface area contributed by atoms with Crippen LogP contribution < -0.4 is 10.2 Å². The summed E-state index contributed by atoms with van der Waals surface area (Å²) in [6.45, 7) is 4.20. The van der Waals surface area contributed by atoms with Gasteiger partial charge in [-0.2, -0.15) is 0 Å². The molecule has 0 radical (unpaired) electrons. The quantitative estimate of drug-likeness (QED) is 0.866. The summed E-state index contributed by atoms with van der Waals surface area (Å²) in [6.07, 6.45) is 2.66. The number of anilines is 1. The molecule has 0 bridgehead atoms. The molecule has 1 unspecified atom stereocenters. The molecule has 5 heteroatoms. The van der Waals surface area contributed by atoms with Gasteiger partial charge in [-0.3, -0.25) is 9.59 Å². The van der Waals surface area contributed by atoms with Gasteiger partial charge in [0.1, 0.15) is 12.6 Å². The van der Waals surface area contributed by atoms with Crippen LogP contribution in [-0.2, 0) is 9.59 Å². The zero-order valence-electron chi connectivity index (χ0n) is 12.1. The first-order valence-corrected chi connectivity index (χ1v) is 7.98. The first-order chi connectivity index (χ1) is 9.51. The van der Waals surface area contributed by atoms with Crippen molar-refractivity contribution < 1.29 is 9.59 Å². The highest BCUT2D eigenvalue weighted by atomic mass is 32.2. The van der Waals surface area contributed by atoms with E-state index < -0.39 is 6.04 Å². The minimum absolute atomic E-state index is 0.0171. The highest BCUT2D eigenvalue weighted by molar-refractivity contribution is 7.98. The summed E-state index contributed by atoms with van der Waals surface area (Å²) in [5, 5.41) is 2.79. The number of rotatable bonds is 4. The number of carbonyl (C=O) groups excluding carboxylic acids is 2. The smallest absolute Gasteiger partial charge is 0.250 e. The highest BCUT2D eigenvalue weighted by Gasteiger charge is 2.33. The van der Waals surface area contributed by atoms with E-state index in [-0.39, 0.29) is 18.4 Å². The largest absolute Gasteiger partial charge is 0.343 e. The third kappa shape index (κ3) is 3.33. The summed E-state index contributed by atoms with van der Waals surface area (Å²) in [6, 6.07) is 7.33. The lowest BCUT2D eigenvalue weighted by Crippen LogP contribution is -2.58. The monoisotopic (exact) mass is 292 g/mol. The van der Waals surface area contributed by atoms with Crippen molar-refractivity contribution in [2.75, 3.05) is 17.7 Å². The molecule has 0 spiro atoms. The molecule has 1 N–H and O–H groups in total. The van der Waals surface area contributed by atoms with Crippen LogP contribution in [0.4, 0.5) is 5.69 Å². The second-order valence-electron chi connectivity index (χ2n) is 5.38. The van der Waals surface area contributed by atoms with E-state index in [0.717, 1.165) is 10.6 Å². The van der Waals surface area contributed by atoms with E-state index >= 15 is 0 Å². The number of benzene rings is 1. The van der Waals surface area contributed by atoms with Crippen molar-refractivity contribution in [1.29, 1.82) is 0 Å². The lowest BCUT2D eigenvalue weighted by Gasteiger charge is -2.33. The van der Waals surface area contributed by atoms with Crippen molar-refractivity contribution >= 4 is 29.3 Å². The van der Waals surface area contributed by atoms with E-state index in [0.29, 0.717) is 12.3 Å². The average molecular weight is 292 g/mol. The Morgan fingerprint density at radius 3 is 2.80 bits per heavy atom. The van der Waals surface area contributed by atoms with Crippen LogP contribution in [0.25, 0.3) is 0 Å². The number of hydrogen-bond acceptors (Lipinski definition) is 3. The second kappa shape index (κ2) is 6.31. The Balaban J connectivity index is 2.25. The molecule has 1 fully saturated rings. The fourth-order valence-electron chi connectivity index (χ4n) is 2.34. The summed E-state index contributed by atoms with van der Waals surface area (Å²) in [4.78, 5) is 27.0. The van der Waals surface area contributed by atoms with Crippen molar-refractivity contribution in [3.8, 4) is 0 Å². The molecule has 1 aromatic carbocycles. The van der Waals surface area contributed by atoms with Crippen LogP contribution in [0.2, 0.25) is 0 Å². The first kappa shape index (κ1) is 14.9. The molecule has 0 aromatic heterocycles. The minimum atomic E-state index is -0.408. The van der Waals surface area contributed by atoms with E-state index in [1.807, 2.05) is 44.4 Å². The Morgan fingerprint density at radius 2 is 2.15 bits per heavy atom. The average Bonchev–Trinajstić information content (AvgIpc) is 2.42. The standard InChI is InChI=1S/C15H20N2O2S/c1-10(2)7-13-15(19)17(9-14(18)16-13)11-5-4-6-12(8-11)20-3/h4-6,8,10,13H,7,9H2,1-3H3,(H,16,18). The summed E-state index contributed by atoms with van der Waals surface area (Å²) >= 11 is 1.62.